The molecule has 0 aromatic carbocycles. The van der Waals surface area contributed by atoms with E-state index in [0.717, 1.165) is 45.3 Å². The molecule has 0 aliphatic carbocycles. The van der Waals surface area contributed by atoms with Crippen LogP contribution < -0.4 is 0 Å². The average molecular weight is 362 g/mol. The molecule has 2 fully saturated rings. The minimum Gasteiger partial charge on any atom is -0.385 e. The number of likely N-dealkylation sites (tertiary alicyclic amines) is 1. The third-order valence-corrected chi connectivity index (χ3v) is 6.72. The van der Waals surface area contributed by atoms with Gasteiger partial charge in [-0.05, 0) is 38.6 Å². The summed E-state index contributed by atoms with van der Waals surface area (Å²) in [6.07, 6.45) is 4.37. The van der Waals surface area contributed by atoms with E-state index in [1.807, 2.05) is 4.90 Å². The molecule has 0 bridgehead atoms. The molecule has 0 unspecified atom stereocenters. The van der Waals surface area contributed by atoms with Gasteiger partial charge in [0.05, 0.1) is 12.3 Å². The molecule has 0 saturated carbocycles. The van der Waals surface area contributed by atoms with E-state index in [1.165, 1.54) is 0 Å². The largest absolute Gasteiger partial charge is 0.385 e. The van der Waals surface area contributed by atoms with Crippen molar-refractivity contribution in [2.75, 3.05) is 65.3 Å². The Morgan fingerprint density at radius 3 is 2.42 bits per heavy atom. The molecule has 2 rings (SSSR count). The van der Waals surface area contributed by atoms with E-state index in [9.17, 15) is 13.2 Å². The van der Waals surface area contributed by atoms with Gasteiger partial charge in [0, 0.05) is 46.4 Å². The van der Waals surface area contributed by atoms with E-state index in [1.54, 1.807) is 11.4 Å². The second-order valence-corrected chi connectivity index (χ2v) is 8.72. The average Bonchev–Trinajstić information content (AvgIpc) is 2.99. The van der Waals surface area contributed by atoms with Crippen LogP contribution in [0.4, 0.5) is 0 Å². The van der Waals surface area contributed by atoms with E-state index in [0.29, 0.717) is 39.2 Å². The molecule has 2 aliphatic rings. The molecule has 0 N–H and O–H groups in total. The lowest BCUT2D eigenvalue weighted by Crippen LogP contribution is -2.41. The van der Waals surface area contributed by atoms with Crippen molar-refractivity contribution in [3.63, 3.8) is 0 Å². The molecule has 0 aromatic heterocycles. The Labute approximate surface area is 146 Å². The number of amides is 1. The number of nitrogens with zero attached hydrogens (tertiary/aromatic N) is 3. The minimum atomic E-state index is -3.20. The number of sulfonamides is 1. The second-order valence-electron chi connectivity index (χ2n) is 6.63. The van der Waals surface area contributed by atoms with Crippen molar-refractivity contribution in [1.82, 2.24) is 14.1 Å². The Hall–Kier alpha value is -0.700. The van der Waals surface area contributed by atoms with Crippen molar-refractivity contribution >= 4 is 15.9 Å². The summed E-state index contributed by atoms with van der Waals surface area (Å²) in [6.45, 7) is 5.22. The topological polar surface area (TPSA) is 70.2 Å². The van der Waals surface area contributed by atoms with Crippen LogP contribution >= 0.6 is 0 Å². The zero-order valence-electron chi connectivity index (χ0n) is 14.8. The Bertz CT molecular complexity index is 492. The first-order chi connectivity index (χ1) is 11.5. The number of methoxy groups -OCH3 is 1. The van der Waals surface area contributed by atoms with Crippen molar-refractivity contribution in [3.05, 3.63) is 0 Å². The SMILES string of the molecule is COCCCCS(=O)(=O)N1CCCN(CC(=O)N2CCCC2)CC1. The highest BCUT2D eigenvalue weighted by atomic mass is 32.2. The Balaban J connectivity index is 1.77. The molecule has 140 valence electrons. The van der Waals surface area contributed by atoms with Crippen LogP contribution in [0.1, 0.15) is 32.1 Å². The summed E-state index contributed by atoms with van der Waals surface area (Å²) in [5.41, 5.74) is 0. The summed E-state index contributed by atoms with van der Waals surface area (Å²) in [7, 11) is -1.57. The van der Waals surface area contributed by atoms with Gasteiger partial charge in [-0.15, -0.1) is 0 Å². The predicted molar refractivity (Wildman–Crippen MR) is 93.3 cm³/mol. The van der Waals surface area contributed by atoms with Gasteiger partial charge in [-0.1, -0.05) is 0 Å². The first-order valence-corrected chi connectivity index (χ1v) is 10.6. The van der Waals surface area contributed by atoms with Crippen molar-refractivity contribution in [2.24, 2.45) is 0 Å². The number of rotatable bonds is 8. The van der Waals surface area contributed by atoms with Crippen LogP contribution in [0.3, 0.4) is 0 Å². The Morgan fingerprint density at radius 2 is 1.71 bits per heavy atom. The maximum Gasteiger partial charge on any atom is 0.236 e. The predicted octanol–water partition coefficient (Wildman–Crippen LogP) is 0.373. The van der Waals surface area contributed by atoms with Crippen LogP contribution in [0.5, 0.6) is 0 Å². The van der Waals surface area contributed by atoms with Crippen LogP contribution in [0.15, 0.2) is 0 Å². The maximum absolute atomic E-state index is 12.4. The fourth-order valence-electron chi connectivity index (χ4n) is 3.30. The van der Waals surface area contributed by atoms with Gasteiger partial charge >= 0.3 is 0 Å². The van der Waals surface area contributed by atoms with E-state index in [4.69, 9.17) is 4.74 Å². The van der Waals surface area contributed by atoms with Gasteiger partial charge in [-0.2, -0.15) is 0 Å². The van der Waals surface area contributed by atoms with E-state index < -0.39 is 10.0 Å². The van der Waals surface area contributed by atoms with E-state index in [-0.39, 0.29) is 11.7 Å². The molecule has 2 aliphatic heterocycles. The number of unbranched alkanes of at least 4 members (excludes halogenated alkanes) is 1. The van der Waals surface area contributed by atoms with Crippen LogP contribution in [0.2, 0.25) is 0 Å². The van der Waals surface area contributed by atoms with Gasteiger partial charge < -0.3 is 9.64 Å². The summed E-state index contributed by atoms with van der Waals surface area (Å²) >= 11 is 0. The third kappa shape index (κ3) is 5.98. The van der Waals surface area contributed by atoms with Crippen LogP contribution in [-0.2, 0) is 19.6 Å². The van der Waals surface area contributed by atoms with Gasteiger partial charge in [0.2, 0.25) is 15.9 Å². The second kappa shape index (κ2) is 9.70. The molecule has 1 amide bonds. The first kappa shape index (κ1) is 19.6. The van der Waals surface area contributed by atoms with Crippen LogP contribution in [0, 0.1) is 0 Å². The van der Waals surface area contributed by atoms with Crippen molar-refractivity contribution < 1.29 is 17.9 Å². The van der Waals surface area contributed by atoms with E-state index in [2.05, 4.69) is 4.90 Å². The molecule has 2 saturated heterocycles. The normalized spacial score (nSPS) is 21.1. The van der Waals surface area contributed by atoms with Crippen LogP contribution in [-0.4, -0.2) is 93.7 Å². The molecule has 0 spiro atoms. The van der Waals surface area contributed by atoms with Gasteiger partial charge in [-0.3, -0.25) is 9.69 Å². The smallest absolute Gasteiger partial charge is 0.236 e. The third-order valence-electron chi connectivity index (χ3n) is 4.76. The minimum absolute atomic E-state index is 0.184. The zero-order valence-corrected chi connectivity index (χ0v) is 15.6. The molecule has 24 heavy (non-hydrogen) atoms. The van der Waals surface area contributed by atoms with Gasteiger partial charge in [0.25, 0.3) is 0 Å². The highest BCUT2D eigenvalue weighted by Crippen LogP contribution is 2.12. The summed E-state index contributed by atoms with van der Waals surface area (Å²) < 4.78 is 31.4. The fraction of sp³-hybridized carbons (Fsp3) is 0.938. The summed E-state index contributed by atoms with van der Waals surface area (Å²) in [4.78, 5) is 16.3. The molecule has 2 heterocycles. The highest BCUT2D eigenvalue weighted by molar-refractivity contribution is 7.89. The molecule has 0 radical (unpaired) electrons. The lowest BCUT2D eigenvalue weighted by atomic mass is 10.3. The zero-order chi connectivity index (χ0) is 17.4. The molecule has 8 heteroatoms. The van der Waals surface area contributed by atoms with Gasteiger partial charge in [0.15, 0.2) is 0 Å². The number of hydrogen-bond acceptors (Lipinski definition) is 5. The molecule has 7 nitrogen and oxygen atoms in total. The standard InChI is InChI=1S/C16H31N3O4S/c1-23-13-4-5-14-24(21,22)19-10-6-7-17(11-12-19)15-16(20)18-8-2-3-9-18/h2-15H2,1H3. The number of hydrogen-bond donors (Lipinski definition) is 0. The lowest BCUT2D eigenvalue weighted by Gasteiger charge is -2.23. The van der Waals surface area contributed by atoms with Crippen molar-refractivity contribution in [2.45, 2.75) is 32.1 Å². The summed E-state index contributed by atoms with van der Waals surface area (Å²) in [6, 6.07) is 0. The number of carbonyl (C=O) groups excluding carboxylic acids is 1. The molecular formula is C16H31N3O4S. The quantitative estimate of drug-likeness (QED) is 0.584. The van der Waals surface area contributed by atoms with E-state index >= 15 is 0 Å². The number of carbonyl (C=O) groups is 1. The van der Waals surface area contributed by atoms with Gasteiger partial charge in [-0.25, -0.2) is 12.7 Å². The van der Waals surface area contributed by atoms with Crippen LogP contribution in [0.25, 0.3) is 0 Å². The highest BCUT2D eigenvalue weighted by Gasteiger charge is 2.26. The van der Waals surface area contributed by atoms with Crippen molar-refractivity contribution in [3.8, 4) is 0 Å². The Morgan fingerprint density at radius 1 is 0.958 bits per heavy atom. The number of ether oxygens (including phenoxy) is 1. The molecular weight excluding hydrogens is 330 g/mol. The lowest BCUT2D eigenvalue weighted by molar-refractivity contribution is -0.131. The monoisotopic (exact) mass is 361 g/mol. The fourth-order valence-corrected chi connectivity index (χ4v) is 4.90. The van der Waals surface area contributed by atoms with Gasteiger partial charge in [0.1, 0.15) is 0 Å². The summed E-state index contributed by atoms with van der Waals surface area (Å²) in [5, 5.41) is 0. The Kier molecular flexibility index (Phi) is 7.93. The first-order valence-electron chi connectivity index (χ1n) is 9.00. The summed E-state index contributed by atoms with van der Waals surface area (Å²) in [5.74, 6) is 0.367. The maximum atomic E-state index is 12.4. The van der Waals surface area contributed by atoms with Crippen molar-refractivity contribution in [1.29, 1.82) is 0 Å². The molecule has 0 aromatic rings. The molecule has 0 atom stereocenters.